The minimum atomic E-state index is 0.00821. The quantitative estimate of drug-likeness (QED) is 0.774. The highest BCUT2D eigenvalue weighted by Gasteiger charge is 2.19. The Morgan fingerprint density at radius 2 is 1.85 bits per heavy atom. The van der Waals surface area contributed by atoms with E-state index in [1.54, 1.807) is 0 Å². The molecule has 1 unspecified atom stereocenters. The zero-order chi connectivity index (χ0) is 17.9. The number of aromatic nitrogens is 2. The van der Waals surface area contributed by atoms with E-state index >= 15 is 0 Å². The van der Waals surface area contributed by atoms with E-state index in [0.29, 0.717) is 0 Å². The van der Waals surface area contributed by atoms with E-state index in [-0.39, 0.29) is 6.17 Å². The average molecular weight is 351 g/mol. The van der Waals surface area contributed by atoms with Gasteiger partial charge in [-0.1, -0.05) is 30.3 Å². The lowest BCUT2D eigenvalue weighted by atomic mass is 10.2. The van der Waals surface area contributed by atoms with Crippen LogP contribution in [0.1, 0.15) is 6.92 Å². The Labute approximate surface area is 154 Å². The summed E-state index contributed by atoms with van der Waals surface area (Å²) >= 11 is 0. The largest absolute Gasteiger partial charge is 0.354 e. The first-order valence-corrected chi connectivity index (χ1v) is 9.02. The van der Waals surface area contributed by atoms with Crippen LogP contribution < -0.4 is 21.1 Å². The van der Waals surface area contributed by atoms with Gasteiger partial charge in [0.05, 0.1) is 0 Å². The molecule has 1 atom stereocenters. The fourth-order valence-electron chi connectivity index (χ4n) is 3.18. The Morgan fingerprint density at radius 1 is 1.08 bits per heavy atom. The maximum atomic E-state index is 4.85. The molecular formula is C19H25N7. The Hall–Kier alpha value is -2.64. The number of allylic oxidation sites excluding steroid dienone is 1. The van der Waals surface area contributed by atoms with Crippen molar-refractivity contribution in [3.63, 3.8) is 0 Å². The van der Waals surface area contributed by atoms with Gasteiger partial charge in [-0.15, -0.1) is 0 Å². The Kier molecular flexibility index (Phi) is 4.73. The first-order valence-electron chi connectivity index (χ1n) is 9.02. The van der Waals surface area contributed by atoms with Gasteiger partial charge >= 0.3 is 0 Å². The SMILES string of the molecule is CC1=CC(Nc2cc(N3CCN(C)CC3)nc(-c3ccccc3)n2)NN1. The molecule has 2 aliphatic rings. The lowest BCUT2D eigenvalue weighted by Crippen LogP contribution is -2.45. The molecule has 1 aromatic heterocycles. The molecule has 7 heteroatoms. The first-order chi connectivity index (χ1) is 12.7. The van der Waals surface area contributed by atoms with Gasteiger partial charge in [0, 0.05) is 43.5 Å². The van der Waals surface area contributed by atoms with Crippen molar-refractivity contribution >= 4 is 11.6 Å². The molecule has 136 valence electrons. The van der Waals surface area contributed by atoms with Gasteiger partial charge in [0.1, 0.15) is 17.8 Å². The van der Waals surface area contributed by atoms with Gasteiger partial charge < -0.3 is 20.5 Å². The van der Waals surface area contributed by atoms with Gasteiger partial charge in [-0.3, -0.25) is 0 Å². The minimum Gasteiger partial charge on any atom is -0.354 e. The van der Waals surface area contributed by atoms with Crippen molar-refractivity contribution in [1.82, 2.24) is 25.7 Å². The molecule has 1 aromatic carbocycles. The number of benzene rings is 1. The van der Waals surface area contributed by atoms with Crippen LogP contribution in [0.15, 0.2) is 48.2 Å². The summed E-state index contributed by atoms with van der Waals surface area (Å²) in [5, 5.41) is 3.43. The lowest BCUT2D eigenvalue weighted by molar-refractivity contribution is 0.312. The summed E-state index contributed by atoms with van der Waals surface area (Å²) in [6.07, 6.45) is 2.11. The van der Waals surface area contributed by atoms with Crippen LogP contribution in [-0.2, 0) is 0 Å². The van der Waals surface area contributed by atoms with Gasteiger partial charge in [-0.25, -0.2) is 15.4 Å². The third-order valence-electron chi connectivity index (χ3n) is 4.72. The molecule has 0 bridgehead atoms. The van der Waals surface area contributed by atoms with Crippen molar-refractivity contribution in [2.75, 3.05) is 43.4 Å². The highest BCUT2D eigenvalue weighted by molar-refractivity contribution is 5.62. The maximum Gasteiger partial charge on any atom is 0.163 e. The molecule has 3 heterocycles. The molecule has 0 radical (unpaired) electrons. The van der Waals surface area contributed by atoms with Crippen LogP contribution >= 0.6 is 0 Å². The number of rotatable bonds is 4. The minimum absolute atomic E-state index is 0.00821. The number of hydrogen-bond acceptors (Lipinski definition) is 7. The lowest BCUT2D eigenvalue weighted by Gasteiger charge is -2.33. The molecule has 0 amide bonds. The van der Waals surface area contributed by atoms with Crippen LogP contribution in [0.4, 0.5) is 11.6 Å². The van der Waals surface area contributed by atoms with Crippen molar-refractivity contribution in [3.05, 3.63) is 48.2 Å². The van der Waals surface area contributed by atoms with E-state index < -0.39 is 0 Å². The number of nitrogens with zero attached hydrogens (tertiary/aromatic N) is 4. The zero-order valence-corrected chi connectivity index (χ0v) is 15.2. The van der Waals surface area contributed by atoms with Crippen LogP contribution in [0.5, 0.6) is 0 Å². The number of likely N-dealkylation sites (N-methyl/N-ethyl adjacent to an activating group) is 1. The summed E-state index contributed by atoms with van der Waals surface area (Å²) in [6.45, 7) is 6.07. The van der Waals surface area contributed by atoms with E-state index in [2.05, 4.69) is 39.1 Å². The molecule has 0 saturated carbocycles. The third-order valence-corrected chi connectivity index (χ3v) is 4.72. The first kappa shape index (κ1) is 16.8. The molecule has 7 nitrogen and oxygen atoms in total. The third kappa shape index (κ3) is 3.79. The Morgan fingerprint density at radius 3 is 2.54 bits per heavy atom. The monoisotopic (exact) mass is 351 g/mol. The predicted octanol–water partition coefficient (Wildman–Crippen LogP) is 1.64. The Bertz CT molecular complexity index is 782. The molecule has 2 aromatic rings. The second-order valence-electron chi connectivity index (χ2n) is 6.83. The summed E-state index contributed by atoms with van der Waals surface area (Å²) in [6, 6.07) is 12.2. The summed E-state index contributed by atoms with van der Waals surface area (Å²) in [4.78, 5) is 14.3. The van der Waals surface area contributed by atoms with E-state index in [4.69, 9.17) is 9.97 Å². The standard InChI is InChI=1S/C19H25N7/c1-14-12-17(24-23-14)20-16-13-18(26-10-8-25(2)9-11-26)22-19(21-16)15-6-4-3-5-7-15/h3-7,12-13,17,23-24H,8-11H2,1-2H3,(H,20,21,22). The van der Waals surface area contributed by atoms with E-state index in [1.165, 1.54) is 0 Å². The molecule has 2 aliphatic heterocycles. The van der Waals surface area contributed by atoms with Crippen LogP contribution in [0.2, 0.25) is 0 Å². The fourth-order valence-corrected chi connectivity index (χ4v) is 3.18. The number of piperazine rings is 1. The molecule has 1 fully saturated rings. The van der Waals surface area contributed by atoms with Crippen molar-refractivity contribution < 1.29 is 0 Å². The van der Waals surface area contributed by atoms with Crippen LogP contribution in [0, 0.1) is 0 Å². The van der Waals surface area contributed by atoms with Crippen molar-refractivity contribution in [1.29, 1.82) is 0 Å². The topological polar surface area (TPSA) is 68.3 Å². The summed E-state index contributed by atoms with van der Waals surface area (Å²) < 4.78 is 0. The van der Waals surface area contributed by atoms with E-state index in [0.717, 1.165) is 54.9 Å². The fraction of sp³-hybridized carbons (Fsp3) is 0.368. The maximum absolute atomic E-state index is 4.85. The normalized spacial score (nSPS) is 20.6. The van der Waals surface area contributed by atoms with Gasteiger partial charge in [-0.05, 0) is 20.0 Å². The van der Waals surface area contributed by atoms with Crippen LogP contribution in [0.25, 0.3) is 11.4 Å². The molecule has 4 rings (SSSR count). The van der Waals surface area contributed by atoms with Crippen molar-refractivity contribution in [3.8, 4) is 11.4 Å². The number of hydrazine groups is 1. The van der Waals surface area contributed by atoms with Gasteiger partial charge in [0.15, 0.2) is 5.82 Å². The molecular weight excluding hydrogens is 326 g/mol. The van der Waals surface area contributed by atoms with Gasteiger partial charge in [-0.2, -0.15) is 0 Å². The number of nitrogens with one attached hydrogen (secondary N) is 3. The predicted molar refractivity (Wildman–Crippen MR) is 105 cm³/mol. The second kappa shape index (κ2) is 7.31. The van der Waals surface area contributed by atoms with Crippen molar-refractivity contribution in [2.45, 2.75) is 13.1 Å². The summed E-state index contributed by atoms with van der Waals surface area (Å²) in [5.41, 5.74) is 8.41. The molecule has 0 aliphatic carbocycles. The summed E-state index contributed by atoms with van der Waals surface area (Å²) in [7, 11) is 2.16. The molecule has 3 N–H and O–H groups in total. The summed E-state index contributed by atoms with van der Waals surface area (Å²) in [5.74, 6) is 2.54. The van der Waals surface area contributed by atoms with Crippen LogP contribution in [-0.4, -0.2) is 54.3 Å². The number of anilines is 2. The van der Waals surface area contributed by atoms with Crippen molar-refractivity contribution in [2.24, 2.45) is 0 Å². The Balaban J connectivity index is 1.65. The van der Waals surface area contributed by atoms with E-state index in [1.807, 2.05) is 43.3 Å². The van der Waals surface area contributed by atoms with E-state index in [9.17, 15) is 0 Å². The highest BCUT2D eigenvalue weighted by atomic mass is 15.4. The smallest absolute Gasteiger partial charge is 0.163 e. The molecule has 26 heavy (non-hydrogen) atoms. The van der Waals surface area contributed by atoms with Gasteiger partial charge in [0.2, 0.25) is 0 Å². The second-order valence-corrected chi connectivity index (χ2v) is 6.83. The average Bonchev–Trinajstić information content (AvgIpc) is 3.07. The highest BCUT2D eigenvalue weighted by Crippen LogP contribution is 2.24. The number of hydrogen-bond donors (Lipinski definition) is 3. The van der Waals surface area contributed by atoms with Crippen LogP contribution in [0.3, 0.4) is 0 Å². The van der Waals surface area contributed by atoms with Gasteiger partial charge in [0.25, 0.3) is 0 Å². The zero-order valence-electron chi connectivity index (χ0n) is 15.2. The molecule has 0 spiro atoms. The molecule has 1 saturated heterocycles.